The highest BCUT2D eigenvalue weighted by Crippen LogP contribution is 2.48. The SMILES string of the molecule is CC(C)c1c(Cl)c(Cl)c(Cl)c(C(C)C)c1N=C=N. The van der Waals surface area contributed by atoms with Crippen molar-refractivity contribution >= 4 is 46.5 Å². The molecule has 1 aromatic carbocycles. The van der Waals surface area contributed by atoms with Gasteiger partial charge in [-0.1, -0.05) is 62.5 Å². The van der Waals surface area contributed by atoms with Crippen molar-refractivity contribution in [3.8, 4) is 0 Å². The van der Waals surface area contributed by atoms with Crippen LogP contribution in [-0.2, 0) is 0 Å². The summed E-state index contributed by atoms with van der Waals surface area (Å²) in [5.74, 6) is 0.272. The minimum Gasteiger partial charge on any atom is -0.241 e. The van der Waals surface area contributed by atoms with E-state index in [1.54, 1.807) is 0 Å². The van der Waals surface area contributed by atoms with Crippen LogP contribution in [0.5, 0.6) is 0 Å². The van der Waals surface area contributed by atoms with E-state index in [1.807, 2.05) is 27.7 Å². The van der Waals surface area contributed by atoms with Crippen LogP contribution in [0.15, 0.2) is 4.99 Å². The molecule has 0 amide bonds. The van der Waals surface area contributed by atoms with E-state index in [-0.39, 0.29) is 11.8 Å². The molecular formula is C13H15Cl3N2. The summed E-state index contributed by atoms with van der Waals surface area (Å²) >= 11 is 18.7. The van der Waals surface area contributed by atoms with Gasteiger partial charge in [-0.15, -0.1) is 0 Å². The van der Waals surface area contributed by atoms with Gasteiger partial charge in [0.1, 0.15) is 0 Å². The van der Waals surface area contributed by atoms with Gasteiger partial charge in [-0.05, 0) is 11.8 Å². The molecule has 0 saturated heterocycles. The van der Waals surface area contributed by atoms with E-state index in [4.69, 9.17) is 40.2 Å². The number of nitrogens with zero attached hydrogens (tertiary/aromatic N) is 1. The Hall–Kier alpha value is -0.530. The highest BCUT2D eigenvalue weighted by Gasteiger charge is 2.24. The average Bonchev–Trinajstić information content (AvgIpc) is 2.25. The van der Waals surface area contributed by atoms with Crippen LogP contribution in [0.4, 0.5) is 5.69 Å². The smallest absolute Gasteiger partial charge is 0.0918 e. The maximum atomic E-state index is 7.07. The number of nitrogens with one attached hydrogen (secondary N) is 1. The van der Waals surface area contributed by atoms with Crippen LogP contribution < -0.4 is 0 Å². The van der Waals surface area contributed by atoms with Crippen molar-refractivity contribution in [2.75, 3.05) is 0 Å². The molecule has 0 unspecified atom stereocenters. The molecule has 0 bridgehead atoms. The van der Waals surface area contributed by atoms with Gasteiger partial charge in [0.25, 0.3) is 0 Å². The third-order valence-corrected chi connectivity index (χ3v) is 4.05. The first kappa shape index (κ1) is 15.5. The quantitative estimate of drug-likeness (QED) is 0.504. The molecule has 0 aliphatic carbocycles. The molecule has 0 atom stereocenters. The van der Waals surface area contributed by atoms with Gasteiger partial charge in [0.05, 0.1) is 26.8 Å². The third kappa shape index (κ3) is 2.73. The van der Waals surface area contributed by atoms with Crippen molar-refractivity contribution < 1.29 is 0 Å². The molecule has 0 spiro atoms. The van der Waals surface area contributed by atoms with E-state index in [2.05, 4.69) is 11.0 Å². The van der Waals surface area contributed by atoms with E-state index in [0.717, 1.165) is 11.1 Å². The molecule has 98 valence electrons. The monoisotopic (exact) mass is 304 g/mol. The Bertz CT molecular complexity index is 480. The van der Waals surface area contributed by atoms with Gasteiger partial charge >= 0.3 is 0 Å². The second-order valence-electron chi connectivity index (χ2n) is 4.65. The lowest BCUT2D eigenvalue weighted by atomic mass is 9.92. The lowest BCUT2D eigenvalue weighted by Gasteiger charge is -2.20. The first-order valence-electron chi connectivity index (χ1n) is 5.65. The van der Waals surface area contributed by atoms with E-state index < -0.39 is 0 Å². The molecule has 0 aliphatic rings. The second kappa shape index (κ2) is 6.08. The van der Waals surface area contributed by atoms with E-state index in [9.17, 15) is 0 Å². The number of benzene rings is 1. The molecule has 1 aromatic rings. The van der Waals surface area contributed by atoms with Crippen LogP contribution in [0.2, 0.25) is 15.1 Å². The average molecular weight is 306 g/mol. The Morgan fingerprint density at radius 3 is 1.56 bits per heavy atom. The van der Waals surface area contributed by atoms with Crippen LogP contribution in [0.1, 0.15) is 50.7 Å². The Balaban J connectivity index is 3.86. The minimum absolute atomic E-state index is 0.136. The Labute approximate surface area is 122 Å². The summed E-state index contributed by atoms with van der Waals surface area (Å²) < 4.78 is 0. The zero-order valence-corrected chi connectivity index (χ0v) is 13.0. The van der Waals surface area contributed by atoms with Gasteiger partial charge in [0, 0.05) is 11.1 Å². The standard InChI is InChI=1S/C13H15Cl3N2/c1-6(2)8-10(14)12(16)11(15)9(7(3)4)13(8)18-5-17/h6-7,17H,1-4H3. The minimum atomic E-state index is 0.136. The molecule has 1 N–H and O–H groups in total. The number of halogens is 3. The summed E-state index contributed by atoms with van der Waals surface area (Å²) in [5.41, 5.74) is 2.25. The number of rotatable bonds is 3. The number of aliphatic imine (C=N–C) groups is 1. The summed E-state index contributed by atoms with van der Waals surface area (Å²) in [5, 5.41) is 8.25. The van der Waals surface area contributed by atoms with Gasteiger partial charge in [-0.2, -0.15) is 4.99 Å². The van der Waals surface area contributed by atoms with Gasteiger partial charge in [0.2, 0.25) is 0 Å². The van der Waals surface area contributed by atoms with Crippen LogP contribution in [0.25, 0.3) is 0 Å². The Kier molecular flexibility index (Phi) is 5.24. The molecule has 2 nitrogen and oxygen atoms in total. The van der Waals surface area contributed by atoms with Crippen molar-refractivity contribution in [3.63, 3.8) is 0 Å². The Morgan fingerprint density at radius 2 is 1.28 bits per heavy atom. The maximum absolute atomic E-state index is 7.07. The zero-order chi connectivity index (χ0) is 14.0. The highest BCUT2D eigenvalue weighted by atomic mass is 35.5. The van der Waals surface area contributed by atoms with Crippen LogP contribution in [-0.4, -0.2) is 6.01 Å². The molecular weight excluding hydrogens is 291 g/mol. The largest absolute Gasteiger partial charge is 0.241 e. The summed E-state index contributed by atoms with van der Waals surface area (Å²) in [4.78, 5) is 4.00. The fourth-order valence-electron chi connectivity index (χ4n) is 1.92. The molecule has 0 heterocycles. The zero-order valence-electron chi connectivity index (χ0n) is 10.7. The highest BCUT2D eigenvalue weighted by molar-refractivity contribution is 6.49. The molecule has 5 heteroatoms. The topological polar surface area (TPSA) is 36.2 Å². The molecule has 0 fully saturated rings. The molecule has 0 radical (unpaired) electrons. The second-order valence-corrected chi connectivity index (χ2v) is 5.78. The lowest BCUT2D eigenvalue weighted by molar-refractivity contribution is 0.835. The predicted molar refractivity (Wildman–Crippen MR) is 79.5 cm³/mol. The maximum Gasteiger partial charge on any atom is 0.0918 e. The molecule has 0 aromatic heterocycles. The summed E-state index contributed by atoms with van der Waals surface area (Å²) in [6.07, 6.45) is 0. The summed E-state index contributed by atoms with van der Waals surface area (Å²) in [6, 6.07) is 2.06. The molecule has 1 rings (SSSR count). The van der Waals surface area contributed by atoms with Crippen molar-refractivity contribution in [1.82, 2.24) is 0 Å². The van der Waals surface area contributed by atoms with Crippen molar-refractivity contribution in [2.45, 2.75) is 39.5 Å². The molecule has 0 aliphatic heterocycles. The summed E-state index contributed by atoms with van der Waals surface area (Å²) in [7, 11) is 0. The molecule has 18 heavy (non-hydrogen) atoms. The fraction of sp³-hybridized carbons (Fsp3) is 0.462. The van der Waals surface area contributed by atoms with Crippen molar-refractivity contribution in [3.05, 3.63) is 26.2 Å². The third-order valence-electron chi connectivity index (χ3n) is 2.69. The van der Waals surface area contributed by atoms with Gasteiger partial charge in [0.15, 0.2) is 0 Å². The predicted octanol–water partition coefficient (Wildman–Crippen LogP) is 6.28. The normalized spacial score (nSPS) is 10.9. The number of hydrogen-bond donors (Lipinski definition) is 1. The van der Waals surface area contributed by atoms with Gasteiger partial charge in [-0.25, -0.2) is 5.41 Å². The number of hydrogen-bond acceptors (Lipinski definition) is 2. The fourth-order valence-corrected chi connectivity index (χ4v) is 2.97. The molecule has 0 saturated carbocycles. The van der Waals surface area contributed by atoms with Crippen LogP contribution in [0.3, 0.4) is 0 Å². The lowest BCUT2D eigenvalue weighted by Crippen LogP contribution is -1.99. The van der Waals surface area contributed by atoms with E-state index in [0.29, 0.717) is 20.8 Å². The van der Waals surface area contributed by atoms with Crippen LogP contribution >= 0.6 is 34.8 Å². The van der Waals surface area contributed by atoms with E-state index in [1.165, 1.54) is 0 Å². The van der Waals surface area contributed by atoms with Crippen molar-refractivity contribution in [1.29, 1.82) is 5.41 Å². The van der Waals surface area contributed by atoms with E-state index >= 15 is 0 Å². The van der Waals surface area contributed by atoms with Gasteiger partial charge < -0.3 is 0 Å². The Morgan fingerprint density at radius 1 is 0.889 bits per heavy atom. The summed E-state index contributed by atoms with van der Waals surface area (Å²) in [6.45, 7) is 7.99. The van der Waals surface area contributed by atoms with Crippen LogP contribution in [0, 0.1) is 5.41 Å². The first-order valence-corrected chi connectivity index (χ1v) is 6.78. The van der Waals surface area contributed by atoms with Crippen molar-refractivity contribution in [2.24, 2.45) is 4.99 Å². The first-order chi connectivity index (χ1) is 8.32. The van der Waals surface area contributed by atoms with Gasteiger partial charge in [-0.3, -0.25) is 0 Å².